The molecule has 1 aliphatic carbocycles. The maximum absolute atomic E-state index is 11.5. The predicted octanol–water partition coefficient (Wildman–Crippen LogP) is 2.06. The molecule has 0 atom stereocenters. The summed E-state index contributed by atoms with van der Waals surface area (Å²) >= 11 is 0. The number of carbonyl (C=O) groups excluding carboxylic acids is 1. The van der Waals surface area contributed by atoms with Crippen molar-refractivity contribution in [3.05, 3.63) is 24.0 Å². The number of aryl methyl sites for hydroxylation is 1. The number of hydrogen-bond donors (Lipinski definition) is 2. The first-order chi connectivity index (χ1) is 7.24. The Morgan fingerprint density at radius 3 is 2.93 bits per heavy atom. The van der Waals surface area contributed by atoms with Crippen molar-refractivity contribution in [3.63, 3.8) is 0 Å². The van der Waals surface area contributed by atoms with Gasteiger partial charge in [0, 0.05) is 23.6 Å². The summed E-state index contributed by atoms with van der Waals surface area (Å²) in [6.07, 6.45) is 5.11. The molecule has 0 saturated heterocycles. The van der Waals surface area contributed by atoms with Gasteiger partial charge >= 0.3 is 6.03 Å². The number of pyridine rings is 1. The number of anilines is 1. The normalized spacial score (nSPS) is 15.5. The molecule has 4 nitrogen and oxygen atoms in total. The van der Waals surface area contributed by atoms with E-state index in [4.69, 9.17) is 0 Å². The van der Waals surface area contributed by atoms with Gasteiger partial charge in [-0.1, -0.05) is 0 Å². The third kappa shape index (κ3) is 2.68. The maximum atomic E-state index is 11.5. The number of carbonyl (C=O) groups is 1. The Morgan fingerprint density at radius 2 is 2.33 bits per heavy atom. The van der Waals surface area contributed by atoms with Crippen LogP contribution in [-0.4, -0.2) is 17.1 Å². The average Bonchev–Trinajstić information content (AvgIpc) is 2.11. The van der Waals surface area contributed by atoms with Gasteiger partial charge in [-0.2, -0.15) is 0 Å². The zero-order valence-electron chi connectivity index (χ0n) is 8.79. The van der Waals surface area contributed by atoms with Crippen molar-refractivity contribution in [2.24, 2.45) is 0 Å². The van der Waals surface area contributed by atoms with Gasteiger partial charge in [-0.25, -0.2) is 4.79 Å². The van der Waals surface area contributed by atoms with Gasteiger partial charge in [0.15, 0.2) is 0 Å². The fraction of sp³-hybridized carbons (Fsp3) is 0.455. The van der Waals surface area contributed by atoms with Crippen molar-refractivity contribution in [3.8, 4) is 0 Å². The first-order valence-corrected chi connectivity index (χ1v) is 5.24. The smallest absolute Gasteiger partial charge is 0.319 e. The summed E-state index contributed by atoms with van der Waals surface area (Å²) in [6, 6.07) is 3.88. The summed E-state index contributed by atoms with van der Waals surface area (Å²) in [5, 5.41) is 5.71. The topological polar surface area (TPSA) is 54.0 Å². The Morgan fingerprint density at radius 1 is 1.53 bits per heavy atom. The number of nitrogens with one attached hydrogen (secondary N) is 2. The summed E-state index contributed by atoms with van der Waals surface area (Å²) in [5.74, 6) is 0. The van der Waals surface area contributed by atoms with Crippen LogP contribution in [0.15, 0.2) is 18.3 Å². The molecule has 2 N–H and O–H groups in total. The lowest BCUT2D eigenvalue weighted by atomic mass is 9.93. The average molecular weight is 205 g/mol. The minimum atomic E-state index is -0.120. The molecule has 0 spiro atoms. The molecule has 0 aliphatic heterocycles. The molecular formula is C11H15N3O. The predicted molar refractivity (Wildman–Crippen MR) is 58.8 cm³/mol. The number of aromatic nitrogens is 1. The molecule has 1 aliphatic rings. The Kier molecular flexibility index (Phi) is 2.85. The van der Waals surface area contributed by atoms with E-state index >= 15 is 0 Å². The van der Waals surface area contributed by atoms with Crippen LogP contribution in [0.3, 0.4) is 0 Å². The molecule has 1 fully saturated rings. The number of rotatable bonds is 2. The Labute approximate surface area is 89.1 Å². The highest BCUT2D eigenvalue weighted by Gasteiger charge is 2.19. The van der Waals surface area contributed by atoms with Gasteiger partial charge in [-0.3, -0.25) is 4.98 Å². The second kappa shape index (κ2) is 4.29. The molecule has 0 unspecified atom stereocenters. The second-order valence-corrected chi connectivity index (χ2v) is 3.91. The van der Waals surface area contributed by atoms with E-state index in [0.717, 1.165) is 24.2 Å². The third-order valence-corrected chi connectivity index (χ3v) is 2.59. The second-order valence-electron chi connectivity index (χ2n) is 3.91. The van der Waals surface area contributed by atoms with Gasteiger partial charge in [-0.15, -0.1) is 0 Å². The van der Waals surface area contributed by atoms with Crippen LogP contribution in [0.4, 0.5) is 10.5 Å². The molecule has 2 rings (SSSR count). The number of urea groups is 1. The van der Waals surface area contributed by atoms with E-state index in [1.807, 2.05) is 13.0 Å². The van der Waals surface area contributed by atoms with Crippen molar-refractivity contribution < 1.29 is 4.79 Å². The van der Waals surface area contributed by atoms with Crippen molar-refractivity contribution in [2.45, 2.75) is 32.2 Å². The third-order valence-electron chi connectivity index (χ3n) is 2.59. The Balaban J connectivity index is 1.87. The fourth-order valence-electron chi connectivity index (χ4n) is 1.53. The molecule has 15 heavy (non-hydrogen) atoms. The monoisotopic (exact) mass is 205 g/mol. The van der Waals surface area contributed by atoms with Crippen molar-refractivity contribution in [1.82, 2.24) is 10.3 Å². The van der Waals surface area contributed by atoms with Crippen LogP contribution in [0.2, 0.25) is 0 Å². The van der Waals surface area contributed by atoms with Gasteiger partial charge in [0.05, 0.1) is 0 Å². The number of amides is 2. The van der Waals surface area contributed by atoms with Gasteiger partial charge in [0.1, 0.15) is 0 Å². The lowest BCUT2D eigenvalue weighted by molar-refractivity contribution is 0.240. The lowest BCUT2D eigenvalue weighted by Gasteiger charge is -2.26. The van der Waals surface area contributed by atoms with E-state index in [0.29, 0.717) is 6.04 Å². The van der Waals surface area contributed by atoms with Gasteiger partial charge in [-0.05, 0) is 38.3 Å². The summed E-state index contributed by atoms with van der Waals surface area (Å²) in [7, 11) is 0. The minimum Gasteiger partial charge on any atom is -0.335 e. The Hall–Kier alpha value is -1.58. The first kappa shape index (κ1) is 9.96. The zero-order chi connectivity index (χ0) is 10.7. The van der Waals surface area contributed by atoms with E-state index in [-0.39, 0.29) is 6.03 Å². The summed E-state index contributed by atoms with van der Waals surface area (Å²) in [5.41, 5.74) is 1.69. The van der Waals surface area contributed by atoms with Crippen LogP contribution in [0, 0.1) is 6.92 Å². The molecule has 1 heterocycles. The van der Waals surface area contributed by atoms with Crippen molar-refractivity contribution in [1.29, 1.82) is 0 Å². The quantitative estimate of drug-likeness (QED) is 0.776. The Bertz CT molecular complexity index is 361. The van der Waals surface area contributed by atoms with E-state index < -0.39 is 0 Å². The molecular weight excluding hydrogens is 190 g/mol. The van der Waals surface area contributed by atoms with E-state index in [1.54, 1.807) is 12.3 Å². The minimum absolute atomic E-state index is 0.120. The highest BCUT2D eigenvalue weighted by Crippen LogP contribution is 2.18. The summed E-state index contributed by atoms with van der Waals surface area (Å²) in [4.78, 5) is 15.5. The van der Waals surface area contributed by atoms with Gasteiger partial charge < -0.3 is 10.6 Å². The van der Waals surface area contributed by atoms with Crippen LogP contribution in [0.1, 0.15) is 25.0 Å². The number of nitrogens with zero attached hydrogens (tertiary/aromatic N) is 1. The molecule has 1 saturated carbocycles. The molecule has 0 bridgehead atoms. The molecule has 2 amide bonds. The molecule has 1 aromatic heterocycles. The molecule has 0 radical (unpaired) electrons. The maximum Gasteiger partial charge on any atom is 0.319 e. The molecule has 1 aromatic rings. The zero-order valence-corrected chi connectivity index (χ0v) is 8.79. The van der Waals surface area contributed by atoms with E-state index in [2.05, 4.69) is 15.6 Å². The van der Waals surface area contributed by atoms with E-state index in [1.165, 1.54) is 6.42 Å². The summed E-state index contributed by atoms with van der Waals surface area (Å²) in [6.45, 7) is 1.90. The molecule has 80 valence electrons. The van der Waals surface area contributed by atoms with Gasteiger partial charge in [0.2, 0.25) is 0 Å². The van der Waals surface area contributed by atoms with E-state index in [9.17, 15) is 4.79 Å². The van der Waals surface area contributed by atoms with Gasteiger partial charge in [0.25, 0.3) is 0 Å². The van der Waals surface area contributed by atoms with Crippen molar-refractivity contribution >= 4 is 11.7 Å². The summed E-state index contributed by atoms with van der Waals surface area (Å²) < 4.78 is 0. The lowest BCUT2D eigenvalue weighted by Crippen LogP contribution is -2.41. The highest BCUT2D eigenvalue weighted by atomic mass is 16.2. The fourth-order valence-corrected chi connectivity index (χ4v) is 1.53. The number of hydrogen-bond acceptors (Lipinski definition) is 2. The first-order valence-electron chi connectivity index (χ1n) is 5.24. The standard InChI is InChI=1S/C11H15N3O/c1-8-7-10(5-6-12-8)14-11(15)13-9-3-2-4-9/h5-7,9H,2-4H2,1H3,(H2,12,13,14,15). The van der Waals surface area contributed by atoms with Crippen LogP contribution in [0.5, 0.6) is 0 Å². The molecule has 0 aromatic carbocycles. The van der Waals surface area contributed by atoms with Crippen LogP contribution >= 0.6 is 0 Å². The van der Waals surface area contributed by atoms with Crippen LogP contribution in [-0.2, 0) is 0 Å². The SMILES string of the molecule is Cc1cc(NC(=O)NC2CCC2)ccn1. The largest absolute Gasteiger partial charge is 0.335 e. The van der Waals surface area contributed by atoms with Crippen molar-refractivity contribution in [2.75, 3.05) is 5.32 Å². The molecule has 4 heteroatoms. The van der Waals surface area contributed by atoms with Crippen LogP contribution in [0.25, 0.3) is 0 Å². The van der Waals surface area contributed by atoms with Crippen LogP contribution < -0.4 is 10.6 Å². The highest BCUT2D eigenvalue weighted by molar-refractivity contribution is 5.89.